The van der Waals surface area contributed by atoms with Gasteiger partial charge in [0.15, 0.2) is 0 Å². The van der Waals surface area contributed by atoms with Crippen molar-refractivity contribution in [2.24, 2.45) is 0 Å². The maximum atomic E-state index is 12.7. The lowest BCUT2D eigenvalue weighted by Gasteiger charge is -2.11. The largest absolute Gasteiger partial charge is 0.466 e. The highest BCUT2D eigenvalue weighted by molar-refractivity contribution is 5.74. The highest BCUT2D eigenvalue weighted by Gasteiger charge is 2.19. The number of hydrogen-bond acceptors (Lipinski definition) is 4. The molecule has 17 heavy (non-hydrogen) atoms. The van der Waals surface area contributed by atoms with E-state index in [1.165, 1.54) is 13.1 Å². The molecule has 1 rings (SSSR count). The van der Waals surface area contributed by atoms with E-state index >= 15 is 0 Å². The van der Waals surface area contributed by atoms with Crippen LogP contribution in [0.3, 0.4) is 0 Å². The molecule has 0 aromatic carbocycles. The number of alkyl halides is 2. The van der Waals surface area contributed by atoms with Crippen LogP contribution >= 0.6 is 0 Å². The third-order valence-corrected chi connectivity index (χ3v) is 2.28. The number of carbonyl (C=O) groups is 1. The van der Waals surface area contributed by atoms with Gasteiger partial charge in [0.2, 0.25) is 0 Å². The third-order valence-electron chi connectivity index (χ3n) is 2.28. The maximum absolute atomic E-state index is 12.7. The molecule has 94 valence electrons. The summed E-state index contributed by atoms with van der Waals surface area (Å²) < 4.78 is 30.2. The number of pyridine rings is 1. The number of nitrogen functional groups attached to an aromatic ring is 1. The summed E-state index contributed by atoms with van der Waals surface area (Å²) in [6.45, 7) is 3.39. The number of nitrogens with two attached hydrogens (primary N) is 1. The summed E-state index contributed by atoms with van der Waals surface area (Å²) in [4.78, 5) is 15.1. The van der Waals surface area contributed by atoms with Gasteiger partial charge in [-0.25, -0.2) is 8.78 Å². The number of carbonyl (C=O) groups excluding carboxylic acids is 1. The summed E-state index contributed by atoms with van der Waals surface area (Å²) in [7, 11) is 0. The summed E-state index contributed by atoms with van der Waals surface area (Å²) in [5.74, 6) is -0.532. The predicted molar refractivity (Wildman–Crippen MR) is 58.7 cm³/mol. The molecule has 0 unspecified atom stereocenters. The van der Waals surface area contributed by atoms with Crippen LogP contribution in [0.1, 0.15) is 30.2 Å². The second-order valence-corrected chi connectivity index (χ2v) is 3.50. The molecule has 0 aliphatic rings. The second-order valence-electron chi connectivity index (χ2n) is 3.50. The smallest absolute Gasteiger partial charge is 0.311 e. The zero-order valence-corrected chi connectivity index (χ0v) is 9.67. The summed E-state index contributed by atoms with van der Waals surface area (Å²) in [6, 6.07) is 0. The van der Waals surface area contributed by atoms with Gasteiger partial charge in [0, 0.05) is 11.8 Å². The van der Waals surface area contributed by atoms with Crippen LogP contribution in [0, 0.1) is 6.92 Å². The van der Waals surface area contributed by atoms with Crippen LogP contribution in [0.4, 0.5) is 14.5 Å². The highest BCUT2D eigenvalue weighted by Crippen LogP contribution is 2.29. The Morgan fingerprint density at radius 2 is 2.24 bits per heavy atom. The zero-order chi connectivity index (χ0) is 13.0. The van der Waals surface area contributed by atoms with Crippen molar-refractivity contribution >= 4 is 11.7 Å². The number of halogens is 2. The molecule has 0 fully saturated rings. The van der Waals surface area contributed by atoms with E-state index in [1.807, 2.05) is 0 Å². The molecular weight excluding hydrogens is 230 g/mol. The molecule has 4 nitrogen and oxygen atoms in total. The fourth-order valence-electron chi connectivity index (χ4n) is 1.46. The van der Waals surface area contributed by atoms with E-state index in [0.29, 0.717) is 5.56 Å². The van der Waals surface area contributed by atoms with Crippen LogP contribution < -0.4 is 5.73 Å². The molecule has 0 saturated heterocycles. The molecule has 0 amide bonds. The van der Waals surface area contributed by atoms with Gasteiger partial charge in [-0.2, -0.15) is 0 Å². The number of aromatic nitrogens is 1. The molecule has 1 heterocycles. The van der Waals surface area contributed by atoms with E-state index < -0.39 is 12.4 Å². The Bertz CT molecular complexity index is 422. The van der Waals surface area contributed by atoms with E-state index in [1.54, 1.807) is 6.92 Å². The first-order valence-corrected chi connectivity index (χ1v) is 5.15. The average molecular weight is 244 g/mol. The Labute approximate surface area is 97.8 Å². The molecule has 6 heteroatoms. The molecule has 0 spiro atoms. The Morgan fingerprint density at radius 1 is 1.59 bits per heavy atom. The summed E-state index contributed by atoms with van der Waals surface area (Å²) in [5, 5.41) is 0. The van der Waals surface area contributed by atoms with Crippen molar-refractivity contribution in [2.45, 2.75) is 26.7 Å². The topological polar surface area (TPSA) is 65.2 Å². The van der Waals surface area contributed by atoms with Crippen LogP contribution in [0.2, 0.25) is 0 Å². The number of anilines is 1. The minimum Gasteiger partial charge on any atom is -0.466 e. The van der Waals surface area contributed by atoms with E-state index in [4.69, 9.17) is 10.5 Å². The predicted octanol–water partition coefficient (Wildman–Crippen LogP) is 2.02. The molecule has 1 aromatic heterocycles. The molecule has 0 radical (unpaired) electrons. The van der Waals surface area contributed by atoms with Crippen molar-refractivity contribution in [3.63, 3.8) is 0 Å². The van der Waals surface area contributed by atoms with Crippen LogP contribution in [-0.4, -0.2) is 17.6 Å². The van der Waals surface area contributed by atoms with Gasteiger partial charge in [0.05, 0.1) is 24.4 Å². The van der Waals surface area contributed by atoms with E-state index in [-0.39, 0.29) is 30.0 Å². The molecular formula is C11H14F2N2O2. The quantitative estimate of drug-likeness (QED) is 0.823. The van der Waals surface area contributed by atoms with Gasteiger partial charge in [-0.1, -0.05) is 0 Å². The van der Waals surface area contributed by atoms with Gasteiger partial charge in [-0.15, -0.1) is 0 Å². The zero-order valence-electron chi connectivity index (χ0n) is 9.67. The van der Waals surface area contributed by atoms with Crippen LogP contribution in [0.5, 0.6) is 0 Å². The van der Waals surface area contributed by atoms with Crippen molar-refractivity contribution in [1.29, 1.82) is 0 Å². The molecule has 1 aromatic rings. The lowest BCUT2D eigenvalue weighted by Crippen LogP contribution is -2.12. The van der Waals surface area contributed by atoms with Crippen LogP contribution in [0.15, 0.2) is 6.20 Å². The van der Waals surface area contributed by atoms with E-state index in [0.717, 1.165) is 0 Å². The SMILES string of the molecule is CCOC(=O)Cc1ncc(C)c(C(F)F)c1N. The van der Waals surface area contributed by atoms with Crippen molar-refractivity contribution in [3.8, 4) is 0 Å². The first-order chi connectivity index (χ1) is 7.97. The minimum atomic E-state index is -2.68. The van der Waals surface area contributed by atoms with Gasteiger partial charge in [0.25, 0.3) is 6.43 Å². The average Bonchev–Trinajstić information content (AvgIpc) is 2.22. The Morgan fingerprint density at radius 3 is 2.76 bits per heavy atom. The number of rotatable bonds is 4. The fourth-order valence-corrected chi connectivity index (χ4v) is 1.46. The van der Waals surface area contributed by atoms with Crippen molar-refractivity contribution in [1.82, 2.24) is 4.98 Å². The summed E-state index contributed by atoms with van der Waals surface area (Å²) in [6.07, 6.45) is -1.59. The lowest BCUT2D eigenvalue weighted by atomic mass is 10.1. The molecule has 0 atom stereocenters. The van der Waals surface area contributed by atoms with E-state index in [2.05, 4.69) is 4.98 Å². The van der Waals surface area contributed by atoms with Gasteiger partial charge >= 0.3 is 5.97 Å². The van der Waals surface area contributed by atoms with E-state index in [9.17, 15) is 13.6 Å². The minimum absolute atomic E-state index is 0.129. The molecule has 2 N–H and O–H groups in total. The monoisotopic (exact) mass is 244 g/mol. The Kier molecular flexibility index (Phi) is 4.37. The number of hydrogen-bond donors (Lipinski definition) is 1. The number of nitrogens with zero attached hydrogens (tertiary/aromatic N) is 1. The molecule has 0 aliphatic heterocycles. The highest BCUT2D eigenvalue weighted by atomic mass is 19.3. The number of esters is 1. The van der Waals surface area contributed by atoms with Gasteiger partial charge in [0.1, 0.15) is 0 Å². The summed E-state index contributed by atoms with van der Waals surface area (Å²) in [5.41, 5.74) is 5.62. The summed E-state index contributed by atoms with van der Waals surface area (Å²) >= 11 is 0. The van der Waals surface area contributed by atoms with Crippen molar-refractivity contribution in [3.05, 3.63) is 23.0 Å². The van der Waals surface area contributed by atoms with Crippen molar-refractivity contribution < 1.29 is 18.3 Å². The molecule has 0 bridgehead atoms. The lowest BCUT2D eigenvalue weighted by molar-refractivity contribution is -0.142. The third kappa shape index (κ3) is 3.12. The maximum Gasteiger partial charge on any atom is 0.311 e. The second kappa shape index (κ2) is 5.56. The first kappa shape index (κ1) is 13.3. The normalized spacial score (nSPS) is 10.6. The van der Waals surface area contributed by atoms with Gasteiger partial charge < -0.3 is 10.5 Å². The van der Waals surface area contributed by atoms with Crippen molar-refractivity contribution in [2.75, 3.05) is 12.3 Å². The number of ether oxygens (including phenoxy) is 1. The fraction of sp³-hybridized carbons (Fsp3) is 0.455. The standard InChI is InChI=1S/C11H14F2N2O2/c1-3-17-8(16)4-7-10(14)9(11(12)13)6(2)5-15-7/h5,11H,3-4,14H2,1-2H3. The Balaban J connectivity index is 3.02. The van der Waals surface area contributed by atoms with Gasteiger partial charge in [-0.3, -0.25) is 9.78 Å². The van der Waals surface area contributed by atoms with Crippen LogP contribution in [0.25, 0.3) is 0 Å². The first-order valence-electron chi connectivity index (χ1n) is 5.15. The number of aryl methyl sites for hydroxylation is 1. The van der Waals surface area contributed by atoms with Crippen LogP contribution in [-0.2, 0) is 16.0 Å². The Hall–Kier alpha value is -1.72. The van der Waals surface area contributed by atoms with Gasteiger partial charge in [-0.05, 0) is 19.4 Å². The molecule has 0 aliphatic carbocycles. The molecule has 0 saturated carbocycles.